The van der Waals surface area contributed by atoms with Crippen molar-refractivity contribution < 1.29 is 0 Å². The predicted octanol–water partition coefficient (Wildman–Crippen LogP) is 6.73. The second-order valence-electron chi connectivity index (χ2n) is 6.09. The van der Waals surface area contributed by atoms with Gasteiger partial charge in [-0.2, -0.15) is 0 Å². The van der Waals surface area contributed by atoms with Gasteiger partial charge in [-0.05, 0) is 0 Å². The molecule has 0 saturated carbocycles. The summed E-state index contributed by atoms with van der Waals surface area (Å²) in [6.45, 7) is 20.0. The number of hydrogen-bond acceptors (Lipinski definition) is 2. The van der Waals surface area contributed by atoms with Gasteiger partial charge in [0.05, 0.1) is 4.63 Å². The van der Waals surface area contributed by atoms with Crippen molar-refractivity contribution >= 4 is 47.9 Å². The SMILES string of the molecule is CCCC.CCCC.CCCC.C[Si](C)(C)c1nccs1.[Sn]. The third-order valence-electron chi connectivity index (χ3n) is 2.57. The first-order valence-corrected chi connectivity index (χ1v) is 13.1. The normalized spacial score (nSPS) is 8.95. The summed E-state index contributed by atoms with van der Waals surface area (Å²) in [5, 5.41) is 2.05. The first-order valence-electron chi connectivity index (χ1n) is 8.75. The van der Waals surface area contributed by atoms with Crippen molar-refractivity contribution in [2.24, 2.45) is 0 Å². The third kappa shape index (κ3) is 28.8. The van der Waals surface area contributed by atoms with E-state index in [-0.39, 0.29) is 23.9 Å². The Balaban J connectivity index is -0.000000107. The van der Waals surface area contributed by atoms with Gasteiger partial charge in [-0.25, -0.2) is 0 Å². The van der Waals surface area contributed by atoms with Crippen molar-refractivity contribution in [3.63, 3.8) is 0 Å². The van der Waals surface area contributed by atoms with E-state index >= 15 is 0 Å². The summed E-state index contributed by atoms with van der Waals surface area (Å²) in [6.07, 6.45) is 9.80. The second kappa shape index (κ2) is 23.9. The van der Waals surface area contributed by atoms with Crippen LogP contribution in [0.3, 0.4) is 0 Å². The van der Waals surface area contributed by atoms with Crippen molar-refractivity contribution in [3.05, 3.63) is 11.6 Å². The predicted molar refractivity (Wildman–Crippen MR) is 113 cm³/mol. The van der Waals surface area contributed by atoms with Crippen LogP contribution < -0.4 is 4.63 Å². The van der Waals surface area contributed by atoms with Gasteiger partial charge in [0, 0.05) is 35.5 Å². The van der Waals surface area contributed by atoms with Crippen LogP contribution >= 0.6 is 11.3 Å². The van der Waals surface area contributed by atoms with Crippen molar-refractivity contribution in [1.82, 2.24) is 4.98 Å². The van der Waals surface area contributed by atoms with Gasteiger partial charge in [0.25, 0.3) is 0 Å². The van der Waals surface area contributed by atoms with Crippen LogP contribution in [0.2, 0.25) is 19.6 Å². The van der Waals surface area contributed by atoms with Gasteiger partial charge in [0.1, 0.15) is 8.07 Å². The van der Waals surface area contributed by atoms with Crippen LogP contribution in [0, 0.1) is 0 Å². The molecular weight excluding hydrogens is 409 g/mol. The van der Waals surface area contributed by atoms with E-state index in [0.717, 1.165) is 0 Å². The number of nitrogens with zero attached hydrogens (tertiary/aromatic N) is 1. The summed E-state index contributed by atoms with van der Waals surface area (Å²) >= 11 is 1.78. The summed E-state index contributed by atoms with van der Waals surface area (Å²) in [5.74, 6) is 0. The minimum atomic E-state index is -1.07. The molecule has 132 valence electrons. The zero-order chi connectivity index (χ0) is 17.1. The molecule has 0 N–H and O–H groups in total. The smallest absolute Gasteiger partial charge is 0.114 e. The van der Waals surface area contributed by atoms with E-state index in [2.05, 4.69) is 66.2 Å². The molecule has 0 aliphatic rings. The van der Waals surface area contributed by atoms with Gasteiger partial charge in [-0.3, -0.25) is 4.98 Å². The molecule has 1 nitrogen and oxygen atoms in total. The standard InChI is InChI=1S/C6H11NSSi.3C4H10.Sn/c1-9(2,3)6-7-4-5-8-6;3*1-3-4-2;/h4-5H,1-3H3;3*3-4H2,1-2H3;. The molecule has 0 aliphatic heterocycles. The number of aromatic nitrogens is 1. The van der Waals surface area contributed by atoms with Gasteiger partial charge < -0.3 is 0 Å². The number of unbranched alkanes of at least 4 members (excludes halogenated alkanes) is 3. The molecule has 1 heterocycles. The van der Waals surface area contributed by atoms with Crippen molar-refractivity contribution in [3.8, 4) is 0 Å². The van der Waals surface area contributed by atoms with Crippen LogP contribution in [-0.4, -0.2) is 37.0 Å². The summed E-state index contributed by atoms with van der Waals surface area (Å²) < 4.78 is 1.35. The van der Waals surface area contributed by atoms with Crippen molar-refractivity contribution in [1.29, 1.82) is 0 Å². The fourth-order valence-corrected chi connectivity index (χ4v) is 3.05. The van der Waals surface area contributed by atoms with Gasteiger partial charge in [0.2, 0.25) is 0 Å². The minimum absolute atomic E-state index is 0. The fourth-order valence-electron chi connectivity index (χ4n) is 0.594. The Kier molecular flexibility index (Phi) is 33.2. The summed E-state index contributed by atoms with van der Waals surface area (Å²) in [7, 11) is -1.07. The third-order valence-corrected chi connectivity index (χ3v) is 6.76. The largest absolute Gasteiger partial charge is 0.255 e. The topological polar surface area (TPSA) is 12.9 Å². The maximum atomic E-state index is 4.27. The molecule has 1 aromatic rings. The molecule has 0 fully saturated rings. The Hall–Kier alpha value is 0.646. The molecule has 4 radical (unpaired) electrons. The Morgan fingerprint density at radius 2 is 1.09 bits per heavy atom. The van der Waals surface area contributed by atoms with E-state index in [9.17, 15) is 0 Å². The van der Waals surface area contributed by atoms with Crippen molar-refractivity contribution in [2.45, 2.75) is 99.7 Å². The first kappa shape index (κ1) is 30.5. The molecular formula is C18H41NSSiSn. The van der Waals surface area contributed by atoms with E-state index in [1.54, 1.807) is 11.3 Å². The number of hydrogen-bond donors (Lipinski definition) is 0. The van der Waals surface area contributed by atoms with Crippen LogP contribution in [0.1, 0.15) is 80.1 Å². The van der Waals surface area contributed by atoms with Crippen LogP contribution in [-0.2, 0) is 0 Å². The average Bonchev–Trinajstić information content (AvgIpc) is 3.02. The molecule has 0 unspecified atom stereocenters. The van der Waals surface area contributed by atoms with Crippen LogP contribution in [0.15, 0.2) is 11.6 Å². The summed E-state index contributed by atoms with van der Waals surface area (Å²) in [5.41, 5.74) is 0. The Morgan fingerprint density at radius 3 is 1.18 bits per heavy atom. The number of rotatable bonds is 4. The van der Waals surface area contributed by atoms with Gasteiger partial charge in [-0.1, -0.05) is 99.7 Å². The Labute approximate surface area is 163 Å². The van der Waals surface area contributed by atoms with Crippen molar-refractivity contribution in [2.75, 3.05) is 0 Å². The minimum Gasteiger partial charge on any atom is -0.255 e. The van der Waals surface area contributed by atoms with Crippen LogP contribution in [0.5, 0.6) is 0 Å². The Morgan fingerprint density at radius 1 is 0.773 bits per heavy atom. The van der Waals surface area contributed by atoms with E-state index in [0.29, 0.717) is 0 Å². The molecule has 0 atom stereocenters. The summed E-state index contributed by atoms with van der Waals surface area (Å²) in [6, 6.07) is 0. The molecule has 0 spiro atoms. The van der Waals surface area contributed by atoms with Gasteiger partial charge in [-0.15, -0.1) is 11.3 Å². The Bertz CT molecular complexity index is 243. The molecule has 4 heteroatoms. The van der Waals surface area contributed by atoms with Gasteiger partial charge in [0.15, 0.2) is 0 Å². The molecule has 0 aliphatic carbocycles. The van der Waals surface area contributed by atoms with E-state index in [4.69, 9.17) is 0 Å². The van der Waals surface area contributed by atoms with E-state index in [1.807, 2.05) is 11.6 Å². The number of thiazole rings is 1. The first-order chi connectivity index (χ1) is 9.85. The molecule has 0 saturated heterocycles. The van der Waals surface area contributed by atoms with Gasteiger partial charge >= 0.3 is 0 Å². The summed E-state index contributed by atoms with van der Waals surface area (Å²) in [4.78, 5) is 4.27. The monoisotopic (exact) mass is 451 g/mol. The molecule has 0 aromatic carbocycles. The second-order valence-corrected chi connectivity index (χ2v) is 12.3. The van der Waals surface area contributed by atoms with Crippen LogP contribution in [0.25, 0.3) is 0 Å². The molecule has 0 amide bonds. The van der Waals surface area contributed by atoms with Crippen LogP contribution in [0.4, 0.5) is 0 Å². The zero-order valence-electron chi connectivity index (χ0n) is 16.8. The quantitative estimate of drug-likeness (QED) is 0.464. The maximum Gasteiger partial charge on any atom is 0.114 e. The zero-order valence-corrected chi connectivity index (χ0v) is 21.4. The molecule has 0 bridgehead atoms. The van der Waals surface area contributed by atoms with E-state index in [1.165, 1.54) is 43.2 Å². The molecule has 1 aromatic heterocycles. The van der Waals surface area contributed by atoms with E-state index < -0.39 is 8.07 Å². The maximum absolute atomic E-state index is 4.27. The molecule has 1 rings (SSSR count). The average molecular weight is 450 g/mol. The molecule has 22 heavy (non-hydrogen) atoms. The fraction of sp³-hybridized carbons (Fsp3) is 0.833.